The summed E-state index contributed by atoms with van der Waals surface area (Å²) in [4.78, 5) is 0. The number of benzene rings is 2. The molecule has 2 unspecified atom stereocenters. The van der Waals surface area contributed by atoms with Crippen molar-refractivity contribution < 1.29 is 13.9 Å². The van der Waals surface area contributed by atoms with E-state index in [9.17, 15) is 4.39 Å². The Morgan fingerprint density at radius 3 is 2.69 bits per heavy atom. The van der Waals surface area contributed by atoms with E-state index in [0.717, 1.165) is 35.5 Å². The fourth-order valence-corrected chi connectivity index (χ4v) is 3.88. The number of halogens is 2. The minimum Gasteiger partial charge on any atom is -0.497 e. The maximum absolute atomic E-state index is 13.5. The van der Waals surface area contributed by atoms with Gasteiger partial charge in [-0.3, -0.25) is 0 Å². The van der Waals surface area contributed by atoms with Crippen molar-refractivity contribution in [3.05, 3.63) is 59.4 Å². The minimum absolute atomic E-state index is 0. The number of unbranched alkanes of at least 4 members (excludes halogenated alkanes) is 4. The molecule has 0 aliphatic carbocycles. The Hall–Kier alpha value is -1.78. The van der Waals surface area contributed by atoms with Crippen LogP contribution in [0.15, 0.2) is 42.5 Å². The first-order valence-corrected chi connectivity index (χ1v) is 10.5. The summed E-state index contributed by atoms with van der Waals surface area (Å²) in [6, 6.07) is 13.0. The first-order chi connectivity index (χ1) is 13.7. The van der Waals surface area contributed by atoms with Crippen LogP contribution in [0.4, 0.5) is 4.39 Å². The van der Waals surface area contributed by atoms with Crippen molar-refractivity contribution in [1.82, 2.24) is 5.32 Å². The molecule has 2 aromatic rings. The van der Waals surface area contributed by atoms with Crippen molar-refractivity contribution in [2.24, 2.45) is 0 Å². The number of nitrogens with one attached hydrogen (secondary N) is 1. The predicted octanol–water partition coefficient (Wildman–Crippen LogP) is 6.60. The Balaban J connectivity index is 0.00000300. The van der Waals surface area contributed by atoms with Crippen molar-refractivity contribution in [3.8, 4) is 11.5 Å². The molecular weight excluding hydrogens is 389 g/mol. The van der Waals surface area contributed by atoms with Gasteiger partial charge in [-0.2, -0.15) is 0 Å². The van der Waals surface area contributed by atoms with Crippen LogP contribution in [0.2, 0.25) is 0 Å². The Morgan fingerprint density at radius 2 is 1.93 bits per heavy atom. The van der Waals surface area contributed by atoms with E-state index in [0.29, 0.717) is 6.54 Å². The van der Waals surface area contributed by atoms with Gasteiger partial charge in [-0.05, 0) is 36.6 Å². The molecule has 0 saturated carbocycles. The molecule has 0 saturated heterocycles. The van der Waals surface area contributed by atoms with E-state index in [1.807, 2.05) is 18.2 Å². The van der Waals surface area contributed by atoms with Crippen LogP contribution in [0.3, 0.4) is 0 Å². The summed E-state index contributed by atoms with van der Waals surface area (Å²) < 4.78 is 25.2. The number of fused-ring (bicyclic) bond motifs is 1. The lowest BCUT2D eigenvalue weighted by Crippen LogP contribution is -2.32. The fraction of sp³-hybridized carbons (Fsp3) is 0.500. The van der Waals surface area contributed by atoms with E-state index in [1.54, 1.807) is 19.2 Å². The van der Waals surface area contributed by atoms with Crippen molar-refractivity contribution in [2.75, 3.05) is 7.11 Å². The number of methoxy groups -OCH3 is 1. The summed E-state index contributed by atoms with van der Waals surface area (Å²) in [6.07, 6.45) is 8.53. The second kappa shape index (κ2) is 12.0. The van der Waals surface area contributed by atoms with Gasteiger partial charge in [-0.15, -0.1) is 12.4 Å². The standard InChI is InChI=1S/C24H32FNO2.ClH/c1-3-4-5-6-7-11-21-15-23(26-17-18-9-8-10-19(25)14-18)22-13-12-20(27-2)16-24(22)28-21;/h8-10,12-14,16,21,23,26H,3-7,11,15,17H2,1-2H3;1H. The van der Waals surface area contributed by atoms with Gasteiger partial charge in [0, 0.05) is 30.6 Å². The zero-order valence-electron chi connectivity index (χ0n) is 17.5. The summed E-state index contributed by atoms with van der Waals surface area (Å²) in [6.45, 7) is 2.88. The lowest BCUT2D eigenvalue weighted by Gasteiger charge is -2.33. The Kier molecular flexibility index (Phi) is 9.75. The lowest BCUT2D eigenvalue weighted by molar-refractivity contribution is 0.137. The average molecular weight is 422 g/mol. The van der Waals surface area contributed by atoms with Crippen molar-refractivity contribution in [3.63, 3.8) is 0 Å². The van der Waals surface area contributed by atoms with E-state index >= 15 is 0 Å². The highest BCUT2D eigenvalue weighted by molar-refractivity contribution is 5.85. The van der Waals surface area contributed by atoms with E-state index in [2.05, 4.69) is 18.3 Å². The minimum atomic E-state index is -0.193. The summed E-state index contributed by atoms with van der Waals surface area (Å²) in [5.74, 6) is 1.52. The lowest BCUT2D eigenvalue weighted by atomic mass is 9.93. The van der Waals surface area contributed by atoms with Gasteiger partial charge in [-0.25, -0.2) is 4.39 Å². The molecule has 3 nitrogen and oxygen atoms in total. The van der Waals surface area contributed by atoms with Crippen LogP contribution in [0.5, 0.6) is 11.5 Å². The molecular formula is C24H33ClFNO2. The fourth-order valence-electron chi connectivity index (χ4n) is 3.88. The largest absolute Gasteiger partial charge is 0.497 e. The topological polar surface area (TPSA) is 30.5 Å². The monoisotopic (exact) mass is 421 g/mol. The third-order valence-corrected chi connectivity index (χ3v) is 5.46. The summed E-state index contributed by atoms with van der Waals surface area (Å²) >= 11 is 0. The Bertz CT molecular complexity index is 755. The summed E-state index contributed by atoms with van der Waals surface area (Å²) in [5.41, 5.74) is 2.11. The number of hydrogen-bond donors (Lipinski definition) is 1. The van der Waals surface area contributed by atoms with Gasteiger partial charge in [0.2, 0.25) is 0 Å². The molecule has 1 aliphatic rings. The first kappa shape index (κ1) is 23.5. The highest BCUT2D eigenvalue weighted by Gasteiger charge is 2.28. The van der Waals surface area contributed by atoms with Gasteiger partial charge in [0.15, 0.2) is 0 Å². The molecule has 0 amide bonds. The molecule has 1 heterocycles. The molecule has 0 fully saturated rings. The van der Waals surface area contributed by atoms with Gasteiger partial charge in [0.1, 0.15) is 23.4 Å². The Labute approximate surface area is 180 Å². The molecule has 0 aromatic heterocycles. The van der Waals surface area contributed by atoms with Crippen LogP contribution in [0.25, 0.3) is 0 Å². The van der Waals surface area contributed by atoms with E-state index < -0.39 is 0 Å². The third-order valence-electron chi connectivity index (χ3n) is 5.46. The molecule has 0 spiro atoms. The van der Waals surface area contributed by atoms with Crippen LogP contribution < -0.4 is 14.8 Å². The van der Waals surface area contributed by atoms with Crippen LogP contribution >= 0.6 is 12.4 Å². The van der Waals surface area contributed by atoms with Gasteiger partial charge in [0.05, 0.1) is 7.11 Å². The second-order valence-corrected chi connectivity index (χ2v) is 7.65. The summed E-state index contributed by atoms with van der Waals surface area (Å²) in [5, 5.41) is 3.61. The maximum atomic E-state index is 13.5. The van der Waals surface area contributed by atoms with E-state index in [4.69, 9.17) is 9.47 Å². The van der Waals surface area contributed by atoms with Crippen LogP contribution in [-0.2, 0) is 6.54 Å². The first-order valence-electron chi connectivity index (χ1n) is 10.5. The molecule has 1 N–H and O–H groups in total. The van der Waals surface area contributed by atoms with Gasteiger partial charge >= 0.3 is 0 Å². The third kappa shape index (κ3) is 6.90. The van der Waals surface area contributed by atoms with Gasteiger partial charge in [0.25, 0.3) is 0 Å². The number of rotatable bonds is 10. The molecule has 0 bridgehead atoms. The molecule has 29 heavy (non-hydrogen) atoms. The quantitative estimate of drug-likeness (QED) is 0.438. The van der Waals surface area contributed by atoms with Crippen molar-refractivity contribution >= 4 is 12.4 Å². The van der Waals surface area contributed by atoms with E-state index in [-0.39, 0.29) is 30.4 Å². The van der Waals surface area contributed by atoms with Gasteiger partial charge < -0.3 is 14.8 Å². The molecule has 1 aliphatic heterocycles. The number of ether oxygens (including phenoxy) is 2. The normalized spacial score (nSPS) is 17.8. The van der Waals surface area contributed by atoms with Crippen molar-refractivity contribution in [1.29, 1.82) is 0 Å². The predicted molar refractivity (Wildman–Crippen MR) is 119 cm³/mol. The average Bonchev–Trinajstić information content (AvgIpc) is 2.71. The maximum Gasteiger partial charge on any atom is 0.128 e. The zero-order chi connectivity index (χ0) is 19.8. The van der Waals surface area contributed by atoms with Gasteiger partial charge in [-0.1, -0.05) is 50.8 Å². The molecule has 0 radical (unpaired) electrons. The molecule has 5 heteroatoms. The smallest absolute Gasteiger partial charge is 0.128 e. The van der Waals surface area contributed by atoms with E-state index in [1.165, 1.54) is 38.2 Å². The zero-order valence-corrected chi connectivity index (χ0v) is 18.3. The molecule has 3 rings (SSSR count). The molecule has 160 valence electrons. The van der Waals surface area contributed by atoms with Crippen LogP contribution in [0.1, 0.15) is 69.0 Å². The Morgan fingerprint density at radius 1 is 1.10 bits per heavy atom. The highest BCUT2D eigenvalue weighted by Crippen LogP contribution is 2.38. The second-order valence-electron chi connectivity index (χ2n) is 7.65. The highest BCUT2D eigenvalue weighted by atomic mass is 35.5. The van der Waals surface area contributed by atoms with Crippen LogP contribution in [-0.4, -0.2) is 13.2 Å². The number of hydrogen-bond acceptors (Lipinski definition) is 3. The molecule has 2 atom stereocenters. The SMILES string of the molecule is CCCCCCCC1CC(NCc2cccc(F)c2)c2ccc(OC)cc2O1.Cl. The van der Waals surface area contributed by atoms with Crippen LogP contribution in [0, 0.1) is 5.82 Å². The molecule has 2 aromatic carbocycles. The summed E-state index contributed by atoms with van der Waals surface area (Å²) in [7, 11) is 1.68. The van der Waals surface area contributed by atoms with Crippen molar-refractivity contribution in [2.45, 2.75) is 70.6 Å².